The number of aromatic amines is 1. The Morgan fingerprint density at radius 3 is 2.34 bits per heavy atom. The van der Waals surface area contributed by atoms with Crippen molar-refractivity contribution in [3.63, 3.8) is 0 Å². The van der Waals surface area contributed by atoms with Crippen molar-refractivity contribution in [2.45, 2.75) is 6.92 Å². The van der Waals surface area contributed by atoms with E-state index in [2.05, 4.69) is 20.7 Å². The van der Waals surface area contributed by atoms with E-state index >= 15 is 0 Å². The molecule has 1 amide bonds. The standard InChI is InChI=1S/C21H22N4O4/c1-13-19(14-8-6-5-7-9-14)23-24-20(13)21(26)25-22-12-15-10-17(28-3)18(29-4)11-16(15)27-2/h5-12H,1-4H3,(H,23,24)(H,25,26)/b22-12-. The third kappa shape index (κ3) is 4.21. The molecule has 29 heavy (non-hydrogen) atoms. The molecule has 0 atom stereocenters. The van der Waals surface area contributed by atoms with Crippen molar-refractivity contribution < 1.29 is 19.0 Å². The summed E-state index contributed by atoms with van der Waals surface area (Å²) in [7, 11) is 4.62. The molecule has 0 aliphatic carbocycles. The van der Waals surface area contributed by atoms with E-state index in [0.717, 1.165) is 16.8 Å². The Morgan fingerprint density at radius 2 is 1.69 bits per heavy atom. The minimum Gasteiger partial charge on any atom is -0.496 e. The normalized spacial score (nSPS) is 10.8. The Morgan fingerprint density at radius 1 is 1.03 bits per heavy atom. The Balaban J connectivity index is 1.78. The lowest BCUT2D eigenvalue weighted by Crippen LogP contribution is -2.19. The van der Waals surface area contributed by atoms with Crippen LogP contribution < -0.4 is 19.6 Å². The first-order chi connectivity index (χ1) is 14.1. The SMILES string of the molecule is COc1cc(OC)c(OC)cc1/C=N\NC(=O)c1[nH]nc(-c2ccccc2)c1C. The second-order valence-corrected chi connectivity index (χ2v) is 6.09. The molecule has 3 aromatic rings. The predicted molar refractivity (Wildman–Crippen MR) is 110 cm³/mol. The van der Waals surface area contributed by atoms with E-state index < -0.39 is 5.91 Å². The highest BCUT2D eigenvalue weighted by Crippen LogP contribution is 2.33. The Bertz CT molecular complexity index is 1030. The van der Waals surface area contributed by atoms with Crippen molar-refractivity contribution >= 4 is 12.1 Å². The molecule has 1 aromatic heterocycles. The summed E-state index contributed by atoms with van der Waals surface area (Å²) in [6.45, 7) is 1.84. The zero-order valence-electron chi connectivity index (χ0n) is 16.6. The summed E-state index contributed by atoms with van der Waals surface area (Å²) in [5.74, 6) is 1.20. The molecule has 8 nitrogen and oxygen atoms in total. The number of ether oxygens (including phenoxy) is 3. The summed E-state index contributed by atoms with van der Waals surface area (Å²) >= 11 is 0. The largest absolute Gasteiger partial charge is 0.496 e. The fourth-order valence-corrected chi connectivity index (χ4v) is 2.87. The highest BCUT2D eigenvalue weighted by Gasteiger charge is 2.16. The summed E-state index contributed by atoms with van der Waals surface area (Å²) in [4.78, 5) is 12.5. The number of nitrogens with one attached hydrogen (secondary N) is 2. The van der Waals surface area contributed by atoms with Crippen molar-refractivity contribution in [1.29, 1.82) is 0 Å². The van der Waals surface area contributed by atoms with Gasteiger partial charge in [0.05, 0.1) is 33.2 Å². The van der Waals surface area contributed by atoms with Crippen LogP contribution in [0.15, 0.2) is 47.6 Å². The van der Waals surface area contributed by atoms with Crippen LogP contribution in [0, 0.1) is 6.92 Å². The van der Waals surface area contributed by atoms with Gasteiger partial charge in [-0.15, -0.1) is 0 Å². The van der Waals surface area contributed by atoms with Gasteiger partial charge < -0.3 is 14.2 Å². The number of rotatable bonds is 7. The lowest BCUT2D eigenvalue weighted by atomic mass is 10.1. The number of hydrazone groups is 1. The van der Waals surface area contributed by atoms with E-state index in [1.165, 1.54) is 13.3 Å². The number of nitrogens with zero attached hydrogens (tertiary/aromatic N) is 2. The van der Waals surface area contributed by atoms with Gasteiger partial charge in [-0.1, -0.05) is 30.3 Å². The van der Waals surface area contributed by atoms with Crippen molar-refractivity contribution in [3.8, 4) is 28.5 Å². The molecule has 1 heterocycles. The average molecular weight is 394 g/mol. The maximum atomic E-state index is 12.5. The maximum Gasteiger partial charge on any atom is 0.289 e. The van der Waals surface area contributed by atoms with Crippen LogP contribution in [0.3, 0.4) is 0 Å². The number of benzene rings is 2. The average Bonchev–Trinajstić information content (AvgIpc) is 3.15. The topological polar surface area (TPSA) is 97.8 Å². The molecule has 3 rings (SSSR count). The number of hydrogen-bond acceptors (Lipinski definition) is 6. The van der Waals surface area contributed by atoms with E-state index in [4.69, 9.17) is 14.2 Å². The number of carbonyl (C=O) groups excluding carboxylic acids is 1. The number of aromatic nitrogens is 2. The summed E-state index contributed by atoms with van der Waals surface area (Å²) in [5.41, 5.74) is 5.87. The van der Waals surface area contributed by atoms with Gasteiger partial charge in [-0.05, 0) is 13.0 Å². The molecule has 2 aromatic carbocycles. The van der Waals surface area contributed by atoms with Crippen LogP contribution in [0.2, 0.25) is 0 Å². The quantitative estimate of drug-likeness (QED) is 0.474. The molecule has 2 N–H and O–H groups in total. The first-order valence-corrected chi connectivity index (χ1v) is 8.82. The first kappa shape index (κ1) is 19.9. The van der Waals surface area contributed by atoms with Crippen molar-refractivity contribution in [2.24, 2.45) is 5.10 Å². The molecule has 0 fully saturated rings. The lowest BCUT2D eigenvalue weighted by molar-refractivity contribution is 0.0949. The van der Waals surface area contributed by atoms with E-state index in [0.29, 0.717) is 28.5 Å². The number of amides is 1. The molecular weight excluding hydrogens is 372 g/mol. The van der Waals surface area contributed by atoms with Crippen LogP contribution >= 0.6 is 0 Å². The minimum absolute atomic E-state index is 0.347. The Hall–Kier alpha value is -3.81. The molecule has 0 radical (unpaired) electrons. The molecule has 0 aliphatic rings. The lowest BCUT2D eigenvalue weighted by Gasteiger charge is -2.11. The Kier molecular flexibility index (Phi) is 6.13. The summed E-state index contributed by atoms with van der Waals surface area (Å²) in [6.07, 6.45) is 1.47. The van der Waals surface area contributed by atoms with Gasteiger partial charge in [0.15, 0.2) is 11.5 Å². The highest BCUT2D eigenvalue weighted by molar-refractivity contribution is 5.96. The summed E-state index contributed by atoms with van der Waals surface area (Å²) < 4.78 is 15.9. The van der Waals surface area contributed by atoms with Crippen molar-refractivity contribution in [2.75, 3.05) is 21.3 Å². The zero-order valence-corrected chi connectivity index (χ0v) is 16.6. The highest BCUT2D eigenvalue weighted by atomic mass is 16.5. The Labute approximate surface area is 168 Å². The smallest absolute Gasteiger partial charge is 0.289 e. The third-order valence-electron chi connectivity index (χ3n) is 4.39. The molecule has 150 valence electrons. The number of carbonyl (C=O) groups is 1. The minimum atomic E-state index is -0.395. The predicted octanol–water partition coefficient (Wildman–Crippen LogP) is 3.17. The van der Waals surface area contributed by atoms with Gasteiger partial charge in [-0.3, -0.25) is 9.89 Å². The van der Waals surface area contributed by atoms with Crippen LogP contribution in [0.1, 0.15) is 21.6 Å². The fraction of sp³-hybridized carbons (Fsp3) is 0.190. The molecule has 0 bridgehead atoms. The molecule has 8 heteroatoms. The van der Waals surface area contributed by atoms with Crippen LogP contribution in [0.25, 0.3) is 11.3 Å². The van der Waals surface area contributed by atoms with Crippen molar-refractivity contribution in [3.05, 3.63) is 59.3 Å². The summed E-state index contributed by atoms with van der Waals surface area (Å²) in [6, 6.07) is 13.0. The summed E-state index contributed by atoms with van der Waals surface area (Å²) in [5, 5.41) is 11.1. The molecule has 0 saturated carbocycles. The number of hydrogen-bond donors (Lipinski definition) is 2. The van der Waals surface area contributed by atoms with Gasteiger partial charge in [0.25, 0.3) is 5.91 Å². The number of H-pyrrole nitrogens is 1. The maximum absolute atomic E-state index is 12.5. The number of methoxy groups -OCH3 is 3. The van der Waals surface area contributed by atoms with Gasteiger partial charge in [0.2, 0.25) is 0 Å². The fourth-order valence-electron chi connectivity index (χ4n) is 2.87. The van der Waals surface area contributed by atoms with Crippen molar-refractivity contribution in [1.82, 2.24) is 15.6 Å². The van der Waals surface area contributed by atoms with Gasteiger partial charge in [0.1, 0.15) is 11.4 Å². The van der Waals surface area contributed by atoms with E-state index in [1.54, 1.807) is 26.4 Å². The zero-order chi connectivity index (χ0) is 20.8. The van der Waals surface area contributed by atoms with Gasteiger partial charge in [-0.2, -0.15) is 10.2 Å². The monoisotopic (exact) mass is 394 g/mol. The van der Waals surface area contributed by atoms with Crippen LogP contribution in [-0.2, 0) is 0 Å². The molecule has 0 aliphatic heterocycles. The molecule has 0 spiro atoms. The van der Waals surface area contributed by atoms with E-state index in [1.807, 2.05) is 37.3 Å². The first-order valence-electron chi connectivity index (χ1n) is 8.82. The molecule has 0 unspecified atom stereocenters. The van der Waals surface area contributed by atoms with Crippen LogP contribution in [-0.4, -0.2) is 43.6 Å². The van der Waals surface area contributed by atoms with Crippen LogP contribution in [0.5, 0.6) is 17.2 Å². The van der Waals surface area contributed by atoms with Gasteiger partial charge >= 0.3 is 0 Å². The molecule has 0 saturated heterocycles. The van der Waals surface area contributed by atoms with Gasteiger partial charge in [0, 0.05) is 22.8 Å². The van der Waals surface area contributed by atoms with E-state index in [-0.39, 0.29) is 0 Å². The second-order valence-electron chi connectivity index (χ2n) is 6.09. The molecular formula is C21H22N4O4. The second kappa shape index (κ2) is 8.92. The van der Waals surface area contributed by atoms with Gasteiger partial charge in [-0.25, -0.2) is 5.43 Å². The van der Waals surface area contributed by atoms with Crippen LogP contribution in [0.4, 0.5) is 0 Å². The third-order valence-corrected chi connectivity index (χ3v) is 4.39. The van der Waals surface area contributed by atoms with E-state index in [9.17, 15) is 4.79 Å².